The Kier molecular flexibility index (Phi) is 7.12. The molecule has 0 radical (unpaired) electrons. The van der Waals surface area contributed by atoms with Crippen molar-refractivity contribution < 1.29 is 0 Å². The van der Waals surface area contributed by atoms with E-state index in [0.29, 0.717) is 11.8 Å². The molecule has 3 aliphatic heterocycles. The van der Waals surface area contributed by atoms with Gasteiger partial charge in [-0.2, -0.15) is 0 Å². The van der Waals surface area contributed by atoms with Crippen LogP contribution in [0.1, 0.15) is 23.6 Å². The topological polar surface area (TPSA) is 53.4 Å². The average molecular weight is 494 g/mol. The molecule has 3 aromatic rings. The smallest absolute Gasteiger partial charge is 0.255 e. The largest absolute Gasteiger partial charge is 0.345 e. The summed E-state index contributed by atoms with van der Waals surface area (Å²) in [6.07, 6.45) is 1.22. The summed E-state index contributed by atoms with van der Waals surface area (Å²) in [5, 5.41) is 4.64. The highest BCUT2D eigenvalue weighted by Crippen LogP contribution is 2.32. The van der Waals surface area contributed by atoms with E-state index >= 15 is 0 Å². The highest BCUT2D eigenvalue weighted by molar-refractivity contribution is 7.22. The van der Waals surface area contributed by atoms with Gasteiger partial charge in [-0.1, -0.05) is 29.5 Å². The molecule has 6 nitrogen and oxygen atoms in total. The second-order valence-corrected chi connectivity index (χ2v) is 9.89. The van der Waals surface area contributed by atoms with Crippen molar-refractivity contribution in [2.45, 2.75) is 25.4 Å². The Morgan fingerprint density at radius 1 is 1.03 bits per heavy atom. The van der Waals surface area contributed by atoms with Crippen LogP contribution in [0, 0.1) is 5.92 Å². The number of fused-ring (bicyclic) bond motifs is 5. The van der Waals surface area contributed by atoms with Crippen LogP contribution in [0.3, 0.4) is 0 Å². The number of halogens is 2. The van der Waals surface area contributed by atoms with Crippen molar-refractivity contribution in [2.24, 2.45) is 5.92 Å². The standard InChI is InChI=1S/C23H27N5OS.2ClH/c29-22-17(5-6-20-18-11-16(12-24-13-18)14-28(20)22)15-26-7-9-27(10-8-26)23-25-19-3-1-2-4-21(19)30-23;;/h1-6,16,18,24H,7-15H2;2*1H/t16-,18+;;/m0../s1. The molecule has 0 spiro atoms. The lowest BCUT2D eigenvalue weighted by atomic mass is 9.84. The molecular weight excluding hydrogens is 465 g/mol. The number of piperazine rings is 1. The Labute approximate surface area is 204 Å². The van der Waals surface area contributed by atoms with Gasteiger partial charge >= 0.3 is 0 Å². The van der Waals surface area contributed by atoms with Crippen LogP contribution in [0.25, 0.3) is 10.2 Å². The Morgan fingerprint density at radius 3 is 2.66 bits per heavy atom. The highest BCUT2D eigenvalue weighted by Gasteiger charge is 2.31. The van der Waals surface area contributed by atoms with Gasteiger partial charge in [-0.25, -0.2) is 4.98 Å². The van der Waals surface area contributed by atoms with Crippen molar-refractivity contribution in [3.63, 3.8) is 0 Å². The number of hydrogen-bond donors (Lipinski definition) is 1. The summed E-state index contributed by atoms with van der Waals surface area (Å²) in [4.78, 5) is 22.8. The number of nitrogens with zero attached hydrogens (tertiary/aromatic N) is 4. The van der Waals surface area contributed by atoms with Crippen LogP contribution in [0.15, 0.2) is 41.2 Å². The summed E-state index contributed by atoms with van der Waals surface area (Å²) in [6.45, 7) is 7.52. The molecule has 3 aliphatic rings. The lowest BCUT2D eigenvalue weighted by Gasteiger charge is -2.38. The molecule has 6 rings (SSSR count). The van der Waals surface area contributed by atoms with Gasteiger partial charge in [-0.05, 0) is 37.1 Å². The average Bonchev–Trinajstić information content (AvgIpc) is 3.21. The van der Waals surface area contributed by atoms with Crippen LogP contribution in [0.5, 0.6) is 0 Å². The van der Waals surface area contributed by atoms with Crippen LogP contribution >= 0.6 is 36.2 Å². The minimum Gasteiger partial charge on any atom is -0.345 e. The van der Waals surface area contributed by atoms with E-state index in [4.69, 9.17) is 4.98 Å². The second kappa shape index (κ2) is 9.69. The molecule has 9 heteroatoms. The summed E-state index contributed by atoms with van der Waals surface area (Å²) in [7, 11) is 0. The van der Waals surface area contributed by atoms with Gasteiger partial charge in [-0.15, -0.1) is 24.8 Å². The van der Waals surface area contributed by atoms with Gasteiger partial charge in [0.25, 0.3) is 5.56 Å². The number of piperidine rings is 1. The van der Waals surface area contributed by atoms with E-state index < -0.39 is 0 Å². The maximum Gasteiger partial charge on any atom is 0.255 e. The zero-order valence-electron chi connectivity index (χ0n) is 17.9. The first-order valence-electron chi connectivity index (χ1n) is 11.0. The molecule has 32 heavy (non-hydrogen) atoms. The fourth-order valence-electron chi connectivity index (χ4n) is 5.29. The number of aromatic nitrogens is 2. The van der Waals surface area contributed by atoms with Crippen LogP contribution in [-0.2, 0) is 13.1 Å². The Hall–Kier alpha value is -1.64. The molecule has 1 N–H and O–H groups in total. The number of pyridine rings is 1. The van der Waals surface area contributed by atoms with Gasteiger partial charge in [0, 0.05) is 63.0 Å². The number of hydrogen-bond acceptors (Lipinski definition) is 6. The summed E-state index contributed by atoms with van der Waals surface area (Å²) < 4.78 is 3.32. The lowest BCUT2D eigenvalue weighted by Crippen LogP contribution is -2.48. The Bertz CT molecular complexity index is 1110. The number of anilines is 1. The second-order valence-electron chi connectivity index (χ2n) is 8.88. The van der Waals surface area contributed by atoms with Gasteiger partial charge in [0.15, 0.2) is 5.13 Å². The predicted molar refractivity (Wildman–Crippen MR) is 136 cm³/mol. The minimum absolute atomic E-state index is 0. The van der Waals surface area contributed by atoms with Crippen LogP contribution < -0.4 is 15.8 Å². The van der Waals surface area contributed by atoms with E-state index in [-0.39, 0.29) is 30.4 Å². The van der Waals surface area contributed by atoms with Crippen molar-refractivity contribution in [1.29, 1.82) is 0 Å². The van der Waals surface area contributed by atoms with Gasteiger partial charge in [-0.3, -0.25) is 9.69 Å². The molecule has 2 aromatic heterocycles. The maximum atomic E-state index is 13.2. The third-order valence-corrected chi connectivity index (χ3v) is 8.00. The van der Waals surface area contributed by atoms with E-state index in [0.717, 1.165) is 68.6 Å². The zero-order chi connectivity index (χ0) is 20.1. The third kappa shape index (κ3) is 4.29. The number of nitrogens with one attached hydrogen (secondary N) is 1. The van der Waals surface area contributed by atoms with Crippen molar-refractivity contribution in [3.05, 3.63) is 58.0 Å². The molecule has 172 valence electrons. The van der Waals surface area contributed by atoms with Gasteiger partial charge in [0.2, 0.25) is 0 Å². The van der Waals surface area contributed by atoms with Gasteiger partial charge in [0.05, 0.1) is 10.2 Å². The molecule has 2 atom stereocenters. The third-order valence-electron chi connectivity index (χ3n) is 6.91. The monoisotopic (exact) mass is 493 g/mol. The van der Waals surface area contributed by atoms with Crippen molar-refractivity contribution >= 4 is 51.5 Å². The lowest BCUT2D eigenvalue weighted by molar-refractivity contribution is 0.241. The normalized spacial score (nSPS) is 22.7. The summed E-state index contributed by atoms with van der Waals surface area (Å²) in [5.41, 5.74) is 3.49. The number of benzene rings is 1. The molecule has 0 aliphatic carbocycles. The highest BCUT2D eigenvalue weighted by atomic mass is 35.5. The van der Waals surface area contributed by atoms with E-state index in [1.54, 1.807) is 11.3 Å². The van der Waals surface area contributed by atoms with Gasteiger partial charge in [0.1, 0.15) is 0 Å². The molecule has 0 amide bonds. The first kappa shape index (κ1) is 23.5. The molecule has 0 saturated carbocycles. The SMILES string of the molecule is Cl.Cl.O=c1c(CN2CCN(c3nc4ccccc4s3)CC2)ccc2n1C[C@@H]1CNC[C@H]2C1. The van der Waals surface area contributed by atoms with Crippen LogP contribution in [0.2, 0.25) is 0 Å². The van der Waals surface area contributed by atoms with E-state index in [1.807, 2.05) is 6.07 Å². The van der Waals surface area contributed by atoms with Crippen LogP contribution in [-0.4, -0.2) is 53.7 Å². The molecular formula is C23H29Cl2N5OS. The fraction of sp³-hybridized carbons (Fsp3) is 0.478. The Morgan fingerprint density at radius 2 is 1.84 bits per heavy atom. The molecule has 2 bridgehead atoms. The maximum absolute atomic E-state index is 13.2. The molecule has 2 saturated heterocycles. The molecule has 5 heterocycles. The summed E-state index contributed by atoms with van der Waals surface area (Å²) in [6, 6.07) is 12.6. The molecule has 1 aromatic carbocycles. The number of para-hydroxylation sites is 1. The first-order valence-corrected chi connectivity index (χ1v) is 11.8. The van der Waals surface area contributed by atoms with E-state index in [1.165, 1.54) is 16.8 Å². The molecule has 2 fully saturated rings. The van der Waals surface area contributed by atoms with Gasteiger partial charge < -0.3 is 14.8 Å². The fourth-order valence-corrected chi connectivity index (χ4v) is 6.31. The summed E-state index contributed by atoms with van der Waals surface area (Å²) in [5.74, 6) is 1.10. The quantitative estimate of drug-likeness (QED) is 0.606. The number of rotatable bonds is 3. The van der Waals surface area contributed by atoms with Crippen molar-refractivity contribution in [2.75, 3.05) is 44.2 Å². The zero-order valence-corrected chi connectivity index (χ0v) is 20.4. The van der Waals surface area contributed by atoms with Crippen LogP contribution in [0.4, 0.5) is 5.13 Å². The Balaban J connectivity index is 0.00000122. The minimum atomic E-state index is 0. The summed E-state index contributed by atoms with van der Waals surface area (Å²) >= 11 is 1.77. The molecule has 0 unspecified atom stereocenters. The van der Waals surface area contributed by atoms with Crippen molar-refractivity contribution in [3.8, 4) is 0 Å². The predicted octanol–water partition coefficient (Wildman–Crippen LogP) is 3.33. The van der Waals surface area contributed by atoms with Crippen molar-refractivity contribution in [1.82, 2.24) is 19.8 Å². The van der Waals surface area contributed by atoms with E-state index in [2.05, 4.69) is 50.0 Å². The van der Waals surface area contributed by atoms with E-state index in [9.17, 15) is 4.79 Å². The number of thiazole rings is 1. The first-order chi connectivity index (χ1) is 14.7.